The number of aryl methyl sites for hydroxylation is 1. The highest BCUT2D eigenvalue weighted by Crippen LogP contribution is 2.38. The van der Waals surface area contributed by atoms with E-state index in [1.807, 2.05) is 13.8 Å². The first-order valence-corrected chi connectivity index (χ1v) is 6.12. The van der Waals surface area contributed by atoms with Crippen LogP contribution in [-0.4, -0.2) is 16.7 Å². The highest BCUT2D eigenvalue weighted by atomic mass is 19.3. The molecule has 1 aliphatic rings. The normalized spacial score (nSPS) is 17.5. The standard InChI is InChI=1S/C14H16F2O3/c1-13(2)6-5-9-7-10(3-4-11(9)19-13)14(15,16)8-12(17)18/h3-4,7H,5-6,8H2,1-2H3,(H,17,18). The van der Waals surface area contributed by atoms with Gasteiger partial charge in [0.25, 0.3) is 5.92 Å². The number of ether oxygens (including phenoxy) is 1. The van der Waals surface area contributed by atoms with Crippen molar-refractivity contribution in [2.24, 2.45) is 0 Å². The summed E-state index contributed by atoms with van der Waals surface area (Å²) >= 11 is 0. The topological polar surface area (TPSA) is 46.5 Å². The highest BCUT2D eigenvalue weighted by Gasteiger charge is 2.36. The summed E-state index contributed by atoms with van der Waals surface area (Å²) in [6.07, 6.45) is 0.200. The van der Waals surface area contributed by atoms with Crippen molar-refractivity contribution in [1.29, 1.82) is 0 Å². The molecule has 1 aliphatic heterocycles. The fourth-order valence-corrected chi connectivity index (χ4v) is 2.18. The lowest BCUT2D eigenvalue weighted by Crippen LogP contribution is -2.32. The molecule has 0 saturated heterocycles. The number of alkyl halides is 2. The second-order valence-corrected chi connectivity index (χ2v) is 5.46. The molecule has 0 amide bonds. The molecule has 5 heteroatoms. The number of rotatable bonds is 3. The van der Waals surface area contributed by atoms with E-state index in [0.717, 1.165) is 6.42 Å². The van der Waals surface area contributed by atoms with Crippen LogP contribution >= 0.6 is 0 Å². The molecule has 0 radical (unpaired) electrons. The number of hydrogen-bond acceptors (Lipinski definition) is 2. The van der Waals surface area contributed by atoms with E-state index in [4.69, 9.17) is 9.84 Å². The molecule has 0 aromatic heterocycles. The summed E-state index contributed by atoms with van der Waals surface area (Å²) in [6, 6.07) is 4.10. The van der Waals surface area contributed by atoms with Crippen LogP contribution in [-0.2, 0) is 17.1 Å². The molecule has 0 unspecified atom stereocenters. The maximum atomic E-state index is 13.7. The van der Waals surface area contributed by atoms with Crippen LogP contribution in [0.2, 0.25) is 0 Å². The molecule has 0 fully saturated rings. The predicted molar refractivity (Wildman–Crippen MR) is 65.6 cm³/mol. The number of fused-ring (bicyclic) bond motifs is 1. The Balaban J connectivity index is 2.30. The zero-order valence-electron chi connectivity index (χ0n) is 10.9. The first kappa shape index (κ1) is 13.8. The number of aliphatic carboxylic acids is 1. The summed E-state index contributed by atoms with van der Waals surface area (Å²) in [5.41, 5.74) is 0.150. The highest BCUT2D eigenvalue weighted by molar-refractivity contribution is 5.68. The predicted octanol–water partition coefficient (Wildman–Crippen LogP) is 3.36. The fourth-order valence-electron chi connectivity index (χ4n) is 2.18. The Kier molecular flexibility index (Phi) is 3.24. The van der Waals surface area contributed by atoms with Gasteiger partial charge in [-0.25, -0.2) is 8.78 Å². The Morgan fingerprint density at radius 2 is 2.16 bits per heavy atom. The molecule has 19 heavy (non-hydrogen) atoms. The van der Waals surface area contributed by atoms with Gasteiger partial charge in [0, 0.05) is 5.56 Å². The van der Waals surface area contributed by atoms with Gasteiger partial charge in [0.15, 0.2) is 0 Å². The van der Waals surface area contributed by atoms with Crippen LogP contribution in [0.4, 0.5) is 8.78 Å². The SMILES string of the molecule is CC1(C)CCc2cc(C(F)(F)CC(=O)O)ccc2O1. The summed E-state index contributed by atoms with van der Waals surface area (Å²) < 4.78 is 33.1. The lowest BCUT2D eigenvalue weighted by atomic mass is 9.92. The smallest absolute Gasteiger partial charge is 0.309 e. The van der Waals surface area contributed by atoms with Crippen molar-refractivity contribution in [3.05, 3.63) is 29.3 Å². The maximum Gasteiger partial charge on any atom is 0.309 e. The van der Waals surface area contributed by atoms with Gasteiger partial charge < -0.3 is 9.84 Å². The molecular weight excluding hydrogens is 254 g/mol. The third kappa shape index (κ3) is 3.03. The number of carbonyl (C=O) groups is 1. The molecule has 1 aromatic carbocycles. The van der Waals surface area contributed by atoms with Gasteiger partial charge in [0.05, 0.1) is 0 Å². The number of benzene rings is 1. The third-order valence-electron chi connectivity index (χ3n) is 3.24. The number of hydrogen-bond donors (Lipinski definition) is 1. The molecule has 1 heterocycles. The first-order chi connectivity index (χ1) is 8.70. The van der Waals surface area contributed by atoms with Gasteiger partial charge in [-0.1, -0.05) is 0 Å². The third-order valence-corrected chi connectivity index (χ3v) is 3.24. The average Bonchev–Trinajstić information content (AvgIpc) is 2.25. The molecular formula is C14H16F2O3. The zero-order valence-corrected chi connectivity index (χ0v) is 10.9. The molecule has 0 aliphatic carbocycles. The van der Waals surface area contributed by atoms with Crippen LogP contribution in [0.3, 0.4) is 0 Å². The molecule has 0 bridgehead atoms. The summed E-state index contributed by atoms with van der Waals surface area (Å²) in [5, 5.41) is 8.51. The monoisotopic (exact) mass is 270 g/mol. The van der Waals surface area contributed by atoms with Crippen LogP contribution in [0, 0.1) is 0 Å². The first-order valence-electron chi connectivity index (χ1n) is 6.12. The molecule has 1 N–H and O–H groups in total. The molecule has 0 saturated carbocycles. The molecule has 104 valence electrons. The van der Waals surface area contributed by atoms with Crippen molar-refractivity contribution in [3.63, 3.8) is 0 Å². The summed E-state index contributed by atoms with van der Waals surface area (Å²) in [7, 11) is 0. The number of carboxylic acids is 1. The largest absolute Gasteiger partial charge is 0.488 e. The van der Waals surface area contributed by atoms with Gasteiger partial charge in [0.2, 0.25) is 0 Å². The van der Waals surface area contributed by atoms with Gasteiger partial charge in [-0.2, -0.15) is 0 Å². The van der Waals surface area contributed by atoms with E-state index in [1.54, 1.807) is 0 Å². The van der Waals surface area contributed by atoms with E-state index in [9.17, 15) is 13.6 Å². The molecule has 0 spiro atoms. The van der Waals surface area contributed by atoms with Crippen LogP contribution in [0.5, 0.6) is 5.75 Å². The van der Waals surface area contributed by atoms with Crippen LogP contribution in [0.1, 0.15) is 37.8 Å². The van der Waals surface area contributed by atoms with Gasteiger partial charge >= 0.3 is 5.97 Å². The van der Waals surface area contributed by atoms with Gasteiger partial charge in [-0.3, -0.25) is 4.79 Å². The molecule has 3 nitrogen and oxygen atoms in total. The van der Waals surface area contributed by atoms with Gasteiger partial charge in [-0.15, -0.1) is 0 Å². The quantitative estimate of drug-likeness (QED) is 0.916. The molecule has 2 rings (SSSR count). The van der Waals surface area contributed by atoms with E-state index in [2.05, 4.69) is 0 Å². The number of halogens is 2. The van der Waals surface area contributed by atoms with E-state index in [-0.39, 0.29) is 11.2 Å². The van der Waals surface area contributed by atoms with Gasteiger partial charge in [0.1, 0.15) is 17.8 Å². The van der Waals surface area contributed by atoms with Crippen molar-refractivity contribution < 1.29 is 23.4 Å². The summed E-state index contributed by atoms with van der Waals surface area (Å²) in [5.74, 6) is -4.26. The lowest BCUT2D eigenvalue weighted by Gasteiger charge is -2.33. The van der Waals surface area contributed by atoms with Crippen molar-refractivity contribution in [1.82, 2.24) is 0 Å². The Morgan fingerprint density at radius 1 is 1.47 bits per heavy atom. The second kappa shape index (κ2) is 4.47. The zero-order chi connectivity index (χ0) is 14.3. The van der Waals surface area contributed by atoms with Crippen molar-refractivity contribution in [3.8, 4) is 5.75 Å². The summed E-state index contributed by atoms with van der Waals surface area (Å²) in [6.45, 7) is 3.89. The minimum absolute atomic E-state index is 0.267. The Morgan fingerprint density at radius 3 is 2.79 bits per heavy atom. The van der Waals surface area contributed by atoms with Crippen molar-refractivity contribution in [2.45, 2.75) is 44.6 Å². The van der Waals surface area contributed by atoms with Crippen LogP contribution in [0.25, 0.3) is 0 Å². The Bertz CT molecular complexity index is 509. The van der Waals surface area contributed by atoms with Crippen molar-refractivity contribution in [2.75, 3.05) is 0 Å². The summed E-state index contributed by atoms with van der Waals surface area (Å²) in [4.78, 5) is 10.5. The minimum Gasteiger partial charge on any atom is -0.488 e. The maximum absolute atomic E-state index is 13.7. The fraction of sp³-hybridized carbons (Fsp3) is 0.500. The second-order valence-electron chi connectivity index (χ2n) is 5.46. The Hall–Kier alpha value is -1.65. The van der Waals surface area contributed by atoms with E-state index < -0.39 is 18.3 Å². The van der Waals surface area contributed by atoms with E-state index >= 15 is 0 Å². The lowest BCUT2D eigenvalue weighted by molar-refractivity contribution is -0.145. The van der Waals surface area contributed by atoms with Crippen molar-refractivity contribution >= 4 is 5.97 Å². The molecule has 1 aromatic rings. The van der Waals surface area contributed by atoms with Crippen LogP contribution in [0.15, 0.2) is 18.2 Å². The average molecular weight is 270 g/mol. The molecule has 0 atom stereocenters. The number of carboxylic acid groups (broad SMARTS) is 1. The minimum atomic E-state index is -3.35. The Labute approximate surface area is 110 Å². The van der Waals surface area contributed by atoms with Gasteiger partial charge in [-0.05, 0) is 50.5 Å². The van der Waals surface area contributed by atoms with E-state index in [1.165, 1.54) is 18.2 Å². The van der Waals surface area contributed by atoms with E-state index in [0.29, 0.717) is 17.7 Å². The van der Waals surface area contributed by atoms with Crippen LogP contribution < -0.4 is 4.74 Å².